The van der Waals surface area contributed by atoms with Crippen molar-refractivity contribution in [3.63, 3.8) is 0 Å². The number of rotatable bonds is 1. The normalized spacial score (nSPS) is 26.1. The average molecular weight is 290 g/mol. The van der Waals surface area contributed by atoms with Gasteiger partial charge in [0.25, 0.3) is 5.91 Å². The van der Waals surface area contributed by atoms with Crippen LogP contribution in [0.15, 0.2) is 11.6 Å². The van der Waals surface area contributed by atoms with Crippen LogP contribution >= 0.6 is 11.3 Å². The Morgan fingerprint density at radius 1 is 1.40 bits per heavy atom. The van der Waals surface area contributed by atoms with E-state index < -0.39 is 0 Å². The molecule has 0 unspecified atom stereocenters. The van der Waals surface area contributed by atoms with E-state index in [1.165, 1.54) is 0 Å². The van der Waals surface area contributed by atoms with Gasteiger partial charge in [0.15, 0.2) is 4.96 Å². The second kappa shape index (κ2) is 4.56. The van der Waals surface area contributed by atoms with E-state index in [-0.39, 0.29) is 5.91 Å². The SMILES string of the molecule is Cc1nc2sccn2c1C(=O)N1[C@@H]2CCNC[C@H]1CC2. The molecule has 1 amide bonds. The highest BCUT2D eigenvalue weighted by Gasteiger charge is 2.39. The Balaban J connectivity index is 1.76. The van der Waals surface area contributed by atoms with Crippen LogP contribution in [0.4, 0.5) is 0 Å². The van der Waals surface area contributed by atoms with E-state index in [0.717, 1.165) is 48.7 Å². The summed E-state index contributed by atoms with van der Waals surface area (Å²) in [5, 5.41) is 5.42. The topological polar surface area (TPSA) is 49.6 Å². The third-order valence-corrected chi connectivity index (χ3v) is 5.28. The van der Waals surface area contributed by atoms with Gasteiger partial charge in [-0.05, 0) is 32.7 Å². The van der Waals surface area contributed by atoms with Crippen LogP contribution in [-0.4, -0.2) is 45.4 Å². The lowest BCUT2D eigenvalue weighted by atomic mass is 10.1. The van der Waals surface area contributed by atoms with Crippen molar-refractivity contribution < 1.29 is 4.79 Å². The van der Waals surface area contributed by atoms with E-state index in [9.17, 15) is 4.79 Å². The highest BCUT2D eigenvalue weighted by molar-refractivity contribution is 7.15. The minimum Gasteiger partial charge on any atom is -0.330 e. The molecule has 20 heavy (non-hydrogen) atoms. The van der Waals surface area contributed by atoms with Crippen molar-refractivity contribution in [2.45, 2.75) is 38.3 Å². The number of carbonyl (C=O) groups excluding carboxylic acids is 1. The van der Waals surface area contributed by atoms with Crippen molar-refractivity contribution >= 4 is 22.2 Å². The minimum atomic E-state index is 0.157. The number of nitrogens with one attached hydrogen (secondary N) is 1. The third-order valence-electron chi connectivity index (χ3n) is 4.53. The molecule has 2 fully saturated rings. The number of carbonyl (C=O) groups is 1. The van der Waals surface area contributed by atoms with Crippen LogP contribution in [0, 0.1) is 6.92 Å². The van der Waals surface area contributed by atoms with Gasteiger partial charge >= 0.3 is 0 Å². The Morgan fingerprint density at radius 3 is 3.15 bits per heavy atom. The van der Waals surface area contributed by atoms with Crippen molar-refractivity contribution in [2.75, 3.05) is 13.1 Å². The second-order valence-corrected chi connectivity index (χ2v) is 6.56. The summed E-state index contributed by atoms with van der Waals surface area (Å²) < 4.78 is 1.94. The number of hydrogen-bond acceptors (Lipinski definition) is 4. The van der Waals surface area contributed by atoms with E-state index in [0.29, 0.717) is 12.1 Å². The summed E-state index contributed by atoms with van der Waals surface area (Å²) in [6.45, 7) is 3.88. The van der Waals surface area contributed by atoms with E-state index in [4.69, 9.17) is 0 Å². The van der Waals surface area contributed by atoms with Gasteiger partial charge in [-0.25, -0.2) is 4.98 Å². The fourth-order valence-corrected chi connectivity index (χ4v) is 4.35. The first-order chi connectivity index (χ1) is 9.75. The molecule has 1 N–H and O–H groups in total. The lowest BCUT2D eigenvalue weighted by Crippen LogP contribution is -2.43. The van der Waals surface area contributed by atoms with E-state index in [1.807, 2.05) is 22.9 Å². The second-order valence-electron chi connectivity index (χ2n) is 5.69. The van der Waals surface area contributed by atoms with Crippen molar-refractivity contribution in [1.82, 2.24) is 19.6 Å². The molecule has 2 aromatic heterocycles. The molecule has 6 heteroatoms. The highest BCUT2D eigenvalue weighted by atomic mass is 32.1. The van der Waals surface area contributed by atoms with Crippen molar-refractivity contribution in [3.05, 3.63) is 23.0 Å². The van der Waals surface area contributed by atoms with E-state index in [2.05, 4.69) is 15.2 Å². The molecule has 2 aliphatic heterocycles. The molecular formula is C14H18N4OS. The summed E-state index contributed by atoms with van der Waals surface area (Å²) in [5.74, 6) is 0.157. The Bertz CT molecular complexity index is 647. The van der Waals surface area contributed by atoms with Crippen LogP contribution in [0.1, 0.15) is 35.4 Å². The molecule has 2 bridgehead atoms. The van der Waals surface area contributed by atoms with Gasteiger partial charge in [0, 0.05) is 30.2 Å². The highest BCUT2D eigenvalue weighted by Crippen LogP contribution is 2.30. The van der Waals surface area contributed by atoms with Gasteiger partial charge in [0.2, 0.25) is 0 Å². The van der Waals surface area contributed by atoms with Crippen LogP contribution in [0.5, 0.6) is 0 Å². The van der Waals surface area contributed by atoms with Gasteiger partial charge in [-0.3, -0.25) is 9.20 Å². The minimum absolute atomic E-state index is 0.157. The molecule has 2 aliphatic rings. The van der Waals surface area contributed by atoms with Gasteiger partial charge < -0.3 is 10.2 Å². The van der Waals surface area contributed by atoms with Crippen LogP contribution in [-0.2, 0) is 0 Å². The van der Waals surface area contributed by atoms with Crippen molar-refractivity contribution in [1.29, 1.82) is 0 Å². The maximum atomic E-state index is 13.0. The van der Waals surface area contributed by atoms with Gasteiger partial charge in [-0.1, -0.05) is 0 Å². The smallest absolute Gasteiger partial charge is 0.273 e. The standard InChI is InChI=1S/C14H18N4OS/c1-9-12(17-6-7-20-14(17)16-9)13(19)18-10-2-3-11(18)8-15-5-4-10/h6-7,10-11,15H,2-5,8H2,1H3/t10-,11+/m0/s1. The lowest BCUT2D eigenvalue weighted by molar-refractivity contribution is 0.0672. The zero-order valence-electron chi connectivity index (χ0n) is 11.5. The molecule has 2 aromatic rings. The number of amides is 1. The van der Waals surface area contributed by atoms with Crippen LogP contribution in [0.2, 0.25) is 0 Å². The fourth-order valence-electron chi connectivity index (χ4n) is 3.59. The molecule has 0 aromatic carbocycles. The van der Waals surface area contributed by atoms with Gasteiger partial charge in [0.1, 0.15) is 5.69 Å². The molecule has 4 rings (SSSR count). The summed E-state index contributed by atoms with van der Waals surface area (Å²) >= 11 is 1.58. The first-order valence-corrected chi connectivity index (χ1v) is 8.09. The zero-order valence-corrected chi connectivity index (χ0v) is 12.3. The number of aryl methyl sites for hydroxylation is 1. The Labute approximate surface area is 121 Å². The average Bonchev–Trinajstić information content (AvgIpc) is 3.00. The van der Waals surface area contributed by atoms with Crippen LogP contribution < -0.4 is 5.32 Å². The van der Waals surface area contributed by atoms with E-state index >= 15 is 0 Å². The lowest BCUT2D eigenvalue weighted by Gasteiger charge is -2.27. The van der Waals surface area contributed by atoms with Gasteiger partial charge in [0.05, 0.1) is 5.69 Å². The molecule has 0 saturated carbocycles. The maximum absolute atomic E-state index is 13.0. The molecule has 0 spiro atoms. The van der Waals surface area contributed by atoms with E-state index in [1.54, 1.807) is 11.3 Å². The zero-order chi connectivity index (χ0) is 13.7. The Hall–Kier alpha value is -1.40. The molecular weight excluding hydrogens is 272 g/mol. The molecule has 4 heterocycles. The first-order valence-electron chi connectivity index (χ1n) is 7.21. The number of imidazole rings is 1. The first kappa shape index (κ1) is 12.3. The quantitative estimate of drug-likeness (QED) is 0.869. The van der Waals surface area contributed by atoms with Crippen LogP contribution in [0.25, 0.3) is 4.96 Å². The van der Waals surface area contributed by atoms with Crippen molar-refractivity contribution in [3.8, 4) is 0 Å². The summed E-state index contributed by atoms with van der Waals surface area (Å²) in [4.78, 5) is 20.6. The predicted octanol–water partition coefficient (Wildman–Crippen LogP) is 1.67. The summed E-state index contributed by atoms with van der Waals surface area (Å²) in [7, 11) is 0. The number of hydrogen-bond donors (Lipinski definition) is 1. The summed E-state index contributed by atoms with van der Waals surface area (Å²) in [5.41, 5.74) is 1.60. The van der Waals surface area contributed by atoms with Crippen LogP contribution in [0.3, 0.4) is 0 Å². The predicted molar refractivity (Wildman–Crippen MR) is 78.3 cm³/mol. The van der Waals surface area contributed by atoms with Gasteiger partial charge in [-0.2, -0.15) is 0 Å². The summed E-state index contributed by atoms with van der Waals surface area (Å²) in [6, 6.07) is 0.740. The molecule has 106 valence electrons. The molecule has 0 aliphatic carbocycles. The number of fused-ring (bicyclic) bond motifs is 3. The molecule has 2 saturated heterocycles. The maximum Gasteiger partial charge on any atom is 0.273 e. The molecule has 5 nitrogen and oxygen atoms in total. The van der Waals surface area contributed by atoms with Crippen molar-refractivity contribution in [2.24, 2.45) is 0 Å². The number of thiazole rings is 1. The Kier molecular flexibility index (Phi) is 2.82. The number of nitrogens with zero attached hydrogens (tertiary/aromatic N) is 3. The van der Waals surface area contributed by atoms with Gasteiger partial charge in [-0.15, -0.1) is 11.3 Å². The monoisotopic (exact) mass is 290 g/mol. The fraction of sp³-hybridized carbons (Fsp3) is 0.571. The third kappa shape index (κ3) is 1.71. The Morgan fingerprint density at radius 2 is 2.25 bits per heavy atom. The summed E-state index contributed by atoms with van der Waals surface area (Å²) in [6.07, 6.45) is 5.27. The molecule has 2 atom stereocenters. The largest absolute Gasteiger partial charge is 0.330 e. The molecule has 0 radical (unpaired) electrons. The number of aromatic nitrogens is 2.